The largest absolute Gasteiger partial charge is 3.00 e. The predicted octanol–water partition coefficient (Wildman–Crippen LogP) is 0.631. The summed E-state index contributed by atoms with van der Waals surface area (Å²) in [5.41, 5.74) is 0. The topological polar surface area (TPSA) is 38.7 Å². The van der Waals surface area contributed by atoms with Crippen LogP contribution in [0.3, 0.4) is 0 Å². The van der Waals surface area contributed by atoms with Gasteiger partial charge in [0.25, 0.3) is 0 Å². The van der Waals surface area contributed by atoms with Crippen molar-refractivity contribution in [2.24, 2.45) is 0 Å². The van der Waals surface area contributed by atoms with E-state index in [1.807, 2.05) is 0 Å². The van der Waals surface area contributed by atoms with E-state index >= 15 is 0 Å². The molecular weight excluding hydrogens is 214 g/mol. The average molecular weight is 217 g/mol. The van der Waals surface area contributed by atoms with Crippen LogP contribution in [0, 0.1) is 13.3 Å². The van der Waals surface area contributed by atoms with Crippen LogP contribution >= 0.6 is 11.6 Å². The Morgan fingerprint density at radius 3 is 2.44 bits per heavy atom. The standard InChI is InChI=1S/C4H3ClN3.Y/c1-3-6-2-7-4(5)8-3;/h1H3;/q-1;+3. The second kappa shape index (κ2) is 4.26. The second-order valence-electron chi connectivity index (χ2n) is 1.25. The van der Waals surface area contributed by atoms with E-state index in [0.29, 0.717) is 5.82 Å². The first-order chi connectivity index (χ1) is 3.79. The molecule has 0 aliphatic carbocycles. The fraction of sp³-hybridized carbons (Fsp3) is 0.250. The third kappa shape index (κ3) is 3.18. The number of aryl methyl sites for hydroxylation is 1. The molecule has 0 unspecified atom stereocenters. The summed E-state index contributed by atoms with van der Waals surface area (Å²) in [6, 6.07) is 0. The Morgan fingerprint density at radius 2 is 2.11 bits per heavy atom. The molecule has 0 aliphatic rings. The van der Waals surface area contributed by atoms with Crippen molar-refractivity contribution in [1.82, 2.24) is 15.0 Å². The molecule has 0 N–H and O–H groups in total. The smallest absolute Gasteiger partial charge is 0.353 e. The number of nitrogens with zero attached hydrogens (tertiary/aromatic N) is 3. The third-order valence-electron chi connectivity index (χ3n) is 0.608. The second-order valence-corrected chi connectivity index (χ2v) is 1.59. The van der Waals surface area contributed by atoms with Crippen LogP contribution in [0.5, 0.6) is 0 Å². The monoisotopic (exact) mass is 217 g/mol. The summed E-state index contributed by atoms with van der Waals surface area (Å²) in [4.78, 5) is 10.8. The van der Waals surface area contributed by atoms with E-state index in [4.69, 9.17) is 11.6 Å². The van der Waals surface area contributed by atoms with Crippen LogP contribution in [-0.2, 0) is 32.7 Å². The van der Waals surface area contributed by atoms with Gasteiger partial charge in [-0.25, -0.2) is 0 Å². The molecule has 0 atom stereocenters. The quantitative estimate of drug-likeness (QED) is 0.599. The van der Waals surface area contributed by atoms with Gasteiger partial charge in [-0.2, -0.15) is 0 Å². The summed E-state index contributed by atoms with van der Waals surface area (Å²) in [5, 5.41) is 0.192. The van der Waals surface area contributed by atoms with Gasteiger partial charge in [0, 0.05) is 12.2 Å². The normalized spacial score (nSPS) is 8.22. The molecule has 0 saturated heterocycles. The first-order valence-corrected chi connectivity index (χ1v) is 2.41. The molecule has 0 saturated carbocycles. The first kappa shape index (κ1) is 9.40. The Bertz CT molecular complexity index is 176. The molecule has 0 aliphatic heterocycles. The van der Waals surface area contributed by atoms with E-state index in [0.717, 1.165) is 0 Å². The minimum absolute atomic E-state index is 0. The zero-order chi connectivity index (χ0) is 5.98. The molecule has 1 aromatic rings. The number of hydrogen-bond donors (Lipinski definition) is 0. The third-order valence-corrected chi connectivity index (χ3v) is 0.777. The summed E-state index contributed by atoms with van der Waals surface area (Å²) in [6.07, 6.45) is 2.33. The average Bonchev–Trinajstić information content (AvgIpc) is 1.64. The Kier molecular flexibility index (Phi) is 4.45. The van der Waals surface area contributed by atoms with Crippen LogP contribution in [0.25, 0.3) is 0 Å². The van der Waals surface area contributed by atoms with Crippen LogP contribution in [-0.4, -0.2) is 15.0 Å². The van der Waals surface area contributed by atoms with Gasteiger partial charge in [0.2, 0.25) is 0 Å². The van der Waals surface area contributed by atoms with Gasteiger partial charge in [-0.05, 0) is 0 Å². The zero-order valence-electron chi connectivity index (χ0n) is 4.80. The minimum atomic E-state index is 0. The Balaban J connectivity index is 0.000000640. The molecule has 0 aromatic carbocycles. The molecule has 1 heterocycles. The molecule has 42 valence electrons. The molecule has 0 spiro atoms. The van der Waals surface area contributed by atoms with E-state index in [9.17, 15) is 0 Å². The first-order valence-electron chi connectivity index (χ1n) is 2.03. The zero-order valence-corrected chi connectivity index (χ0v) is 8.39. The van der Waals surface area contributed by atoms with Crippen molar-refractivity contribution in [3.63, 3.8) is 0 Å². The van der Waals surface area contributed by atoms with Gasteiger partial charge < -0.3 is 15.0 Å². The van der Waals surface area contributed by atoms with Crippen LogP contribution in [0.1, 0.15) is 5.82 Å². The number of halogens is 1. The van der Waals surface area contributed by atoms with Gasteiger partial charge >= 0.3 is 32.7 Å². The van der Waals surface area contributed by atoms with Crippen molar-refractivity contribution in [3.8, 4) is 0 Å². The van der Waals surface area contributed by atoms with Crippen molar-refractivity contribution in [2.75, 3.05) is 0 Å². The number of aromatic nitrogens is 3. The SMILES string of the molecule is Cc1n[c-]nc(Cl)n1.[Y+3]. The van der Waals surface area contributed by atoms with Crippen LogP contribution in [0.2, 0.25) is 5.28 Å². The van der Waals surface area contributed by atoms with Gasteiger partial charge in [-0.1, -0.05) is 6.92 Å². The Morgan fingerprint density at radius 1 is 1.44 bits per heavy atom. The van der Waals surface area contributed by atoms with E-state index in [1.165, 1.54) is 0 Å². The molecule has 5 heteroatoms. The van der Waals surface area contributed by atoms with Crippen LogP contribution in [0.4, 0.5) is 0 Å². The van der Waals surface area contributed by atoms with E-state index in [-0.39, 0.29) is 38.0 Å². The Labute approximate surface area is 83.1 Å². The van der Waals surface area contributed by atoms with Gasteiger partial charge in [-0.15, -0.1) is 11.6 Å². The van der Waals surface area contributed by atoms with Crippen LogP contribution < -0.4 is 0 Å². The Hall–Kier alpha value is 0.404. The summed E-state index contributed by atoms with van der Waals surface area (Å²) in [6.45, 7) is 1.73. The molecule has 9 heavy (non-hydrogen) atoms. The van der Waals surface area contributed by atoms with E-state index in [1.54, 1.807) is 6.92 Å². The summed E-state index contributed by atoms with van der Waals surface area (Å²) in [5.74, 6) is 0.588. The predicted molar refractivity (Wildman–Crippen MR) is 28.4 cm³/mol. The fourth-order valence-corrected chi connectivity index (χ4v) is 0.482. The molecule has 0 bridgehead atoms. The van der Waals surface area contributed by atoms with Gasteiger partial charge in [-0.3, -0.25) is 0 Å². The van der Waals surface area contributed by atoms with Crippen molar-refractivity contribution >= 4 is 11.6 Å². The molecule has 0 fully saturated rings. The number of hydrogen-bond acceptors (Lipinski definition) is 3. The summed E-state index contributed by atoms with van der Waals surface area (Å²) >= 11 is 5.35. The summed E-state index contributed by atoms with van der Waals surface area (Å²) < 4.78 is 0. The maximum Gasteiger partial charge on any atom is 3.00 e. The molecule has 0 radical (unpaired) electrons. The molecule has 1 aromatic heterocycles. The van der Waals surface area contributed by atoms with Gasteiger partial charge in [0.05, 0.1) is 0 Å². The van der Waals surface area contributed by atoms with Crippen molar-refractivity contribution < 1.29 is 32.7 Å². The number of rotatable bonds is 0. The maximum absolute atomic E-state index is 5.35. The van der Waals surface area contributed by atoms with Crippen molar-refractivity contribution in [1.29, 1.82) is 0 Å². The molecular formula is C4H3ClN3Y+2. The minimum Gasteiger partial charge on any atom is -0.353 e. The maximum atomic E-state index is 5.35. The van der Waals surface area contributed by atoms with Crippen molar-refractivity contribution in [3.05, 3.63) is 17.4 Å². The van der Waals surface area contributed by atoms with Crippen molar-refractivity contribution in [2.45, 2.75) is 6.92 Å². The summed E-state index contributed by atoms with van der Waals surface area (Å²) in [7, 11) is 0. The van der Waals surface area contributed by atoms with E-state index in [2.05, 4.69) is 21.3 Å². The van der Waals surface area contributed by atoms with Crippen LogP contribution in [0.15, 0.2) is 0 Å². The molecule has 0 amide bonds. The van der Waals surface area contributed by atoms with E-state index < -0.39 is 0 Å². The van der Waals surface area contributed by atoms with Gasteiger partial charge in [0.15, 0.2) is 0 Å². The fourth-order valence-electron chi connectivity index (χ4n) is 0.322. The van der Waals surface area contributed by atoms with Gasteiger partial charge in [0.1, 0.15) is 5.28 Å². The molecule has 1 rings (SSSR count). The molecule has 3 nitrogen and oxygen atoms in total.